The van der Waals surface area contributed by atoms with Crippen LogP contribution in [0, 0.1) is 0 Å². The van der Waals surface area contributed by atoms with Crippen molar-refractivity contribution in [2.45, 2.75) is 12.8 Å². The first-order valence-electron chi connectivity index (χ1n) is 10.3. The fraction of sp³-hybridized carbons (Fsp3) is 0.0714. The van der Waals surface area contributed by atoms with Gasteiger partial charge in [-0.05, 0) is 58.3 Å². The zero-order chi connectivity index (χ0) is 19.2. The molecular weight excluding hydrogens is 350 g/mol. The molecule has 0 atom stereocenters. The minimum absolute atomic E-state index is 1.06. The number of anilines is 3. The molecule has 0 amide bonds. The Morgan fingerprint density at radius 1 is 0.448 bits per heavy atom. The van der Waals surface area contributed by atoms with E-state index in [-0.39, 0.29) is 0 Å². The number of benzene rings is 5. The SMILES string of the molecule is c1ccc2c(c1)CCc1ccccc1N2c1cc2ccccc2c2ccccc12. The maximum absolute atomic E-state index is 2.48. The highest BCUT2D eigenvalue weighted by Crippen LogP contribution is 2.45. The highest BCUT2D eigenvalue weighted by atomic mass is 15.1. The van der Waals surface area contributed by atoms with E-state index in [2.05, 4.69) is 108 Å². The molecule has 0 radical (unpaired) electrons. The predicted octanol–water partition coefficient (Wildman–Crippen LogP) is 7.56. The van der Waals surface area contributed by atoms with Crippen LogP contribution in [-0.4, -0.2) is 0 Å². The molecule has 0 aromatic heterocycles. The van der Waals surface area contributed by atoms with E-state index < -0.39 is 0 Å². The molecule has 29 heavy (non-hydrogen) atoms. The second kappa shape index (κ2) is 6.49. The predicted molar refractivity (Wildman–Crippen MR) is 124 cm³/mol. The number of rotatable bonds is 1. The molecule has 1 aliphatic rings. The van der Waals surface area contributed by atoms with Gasteiger partial charge in [0.15, 0.2) is 0 Å². The van der Waals surface area contributed by atoms with Crippen LogP contribution < -0.4 is 4.90 Å². The molecule has 138 valence electrons. The van der Waals surface area contributed by atoms with Gasteiger partial charge in [-0.2, -0.15) is 0 Å². The van der Waals surface area contributed by atoms with Crippen LogP contribution in [0.2, 0.25) is 0 Å². The van der Waals surface area contributed by atoms with Crippen molar-refractivity contribution in [3.8, 4) is 0 Å². The summed E-state index contributed by atoms with van der Waals surface area (Å²) in [5.74, 6) is 0. The summed E-state index contributed by atoms with van der Waals surface area (Å²) >= 11 is 0. The molecule has 0 spiro atoms. The zero-order valence-corrected chi connectivity index (χ0v) is 16.2. The van der Waals surface area contributed by atoms with Gasteiger partial charge in [-0.1, -0.05) is 84.9 Å². The summed E-state index contributed by atoms with van der Waals surface area (Å²) in [5, 5.41) is 5.18. The first-order valence-corrected chi connectivity index (χ1v) is 10.3. The van der Waals surface area contributed by atoms with E-state index in [4.69, 9.17) is 0 Å². The lowest BCUT2D eigenvalue weighted by molar-refractivity contribution is 0.977. The van der Waals surface area contributed by atoms with Gasteiger partial charge in [0.2, 0.25) is 0 Å². The second-order valence-corrected chi connectivity index (χ2v) is 7.76. The Labute approximate surface area is 170 Å². The van der Waals surface area contributed by atoms with Crippen molar-refractivity contribution in [1.29, 1.82) is 0 Å². The normalized spacial score (nSPS) is 13.2. The van der Waals surface area contributed by atoms with E-state index in [1.807, 2.05) is 0 Å². The van der Waals surface area contributed by atoms with Gasteiger partial charge in [0.25, 0.3) is 0 Å². The number of nitrogens with zero attached hydrogens (tertiary/aromatic N) is 1. The van der Waals surface area contributed by atoms with Crippen LogP contribution in [0.1, 0.15) is 11.1 Å². The van der Waals surface area contributed by atoms with Gasteiger partial charge in [0.1, 0.15) is 0 Å². The summed E-state index contributed by atoms with van der Waals surface area (Å²) < 4.78 is 0. The van der Waals surface area contributed by atoms with E-state index in [0.29, 0.717) is 0 Å². The average Bonchev–Trinajstić information content (AvgIpc) is 2.95. The molecule has 1 heteroatoms. The van der Waals surface area contributed by atoms with Crippen molar-refractivity contribution in [3.05, 3.63) is 114 Å². The van der Waals surface area contributed by atoms with Crippen LogP contribution in [0.15, 0.2) is 103 Å². The first-order chi connectivity index (χ1) is 14.4. The molecule has 0 aliphatic carbocycles. The van der Waals surface area contributed by atoms with Crippen LogP contribution in [0.4, 0.5) is 17.1 Å². The van der Waals surface area contributed by atoms with E-state index in [1.54, 1.807) is 0 Å². The average molecular weight is 371 g/mol. The third kappa shape index (κ3) is 2.55. The molecule has 6 rings (SSSR count). The molecule has 0 saturated heterocycles. The smallest absolute Gasteiger partial charge is 0.0546 e. The number of hydrogen-bond donors (Lipinski definition) is 0. The highest BCUT2D eigenvalue weighted by Gasteiger charge is 2.23. The molecule has 0 fully saturated rings. The van der Waals surface area contributed by atoms with E-state index in [1.165, 1.54) is 49.7 Å². The summed E-state index contributed by atoms with van der Waals surface area (Å²) in [6.45, 7) is 0. The van der Waals surface area contributed by atoms with Crippen molar-refractivity contribution < 1.29 is 0 Å². The molecule has 1 heterocycles. The quantitative estimate of drug-likeness (QED) is 0.275. The number of hydrogen-bond acceptors (Lipinski definition) is 1. The highest BCUT2D eigenvalue weighted by molar-refractivity contribution is 6.14. The van der Waals surface area contributed by atoms with Gasteiger partial charge in [0.05, 0.1) is 5.69 Å². The third-order valence-corrected chi connectivity index (χ3v) is 6.12. The number of fused-ring (bicyclic) bond motifs is 5. The fourth-order valence-corrected chi connectivity index (χ4v) is 4.76. The topological polar surface area (TPSA) is 3.24 Å². The van der Waals surface area contributed by atoms with E-state index in [9.17, 15) is 0 Å². The first kappa shape index (κ1) is 16.4. The molecule has 0 saturated carbocycles. The Kier molecular flexibility index (Phi) is 3.67. The van der Waals surface area contributed by atoms with Gasteiger partial charge in [-0.3, -0.25) is 0 Å². The summed E-state index contributed by atoms with van der Waals surface area (Å²) in [7, 11) is 0. The lowest BCUT2D eigenvalue weighted by atomic mass is 9.98. The summed E-state index contributed by atoms with van der Waals surface area (Å²) in [4.78, 5) is 2.48. The summed E-state index contributed by atoms with van der Waals surface area (Å²) in [6, 6.07) is 37.6. The molecule has 0 N–H and O–H groups in total. The Hall–Kier alpha value is -3.58. The Morgan fingerprint density at radius 2 is 0.966 bits per heavy atom. The largest absolute Gasteiger partial charge is 0.309 e. The summed E-state index contributed by atoms with van der Waals surface area (Å²) in [5.41, 5.74) is 6.64. The van der Waals surface area contributed by atoms with Crippen LogP contribution >= 0.6 is 0 Å². The Bertz CT molecular complexity index is 1320. The fourth-order valence-electron chi connectivity index (χ4n) is 4.76. The molecule has 5 aromatic carbocycles. The molecule has 5 aromatic rings. The van der Waals surface area contributed by atoms with Gasteiger partial charge >= 0.3 is 0 Å². The molecule has 1 aliphatic heterocycles. The zero-order valence-electron chi connectivity index (χ0n) is 16.2. The minimum atomic E-state index is 1.06. The van der Waals surface area contributed by atoms with Crippen molar-refractivity contribution in [2.75, 3.05) is 4.90 Å². The van der Waals surface area contributed by atoms with Crippen molar-refractivity contribution >= 4 is 38.6 Å². The molecule has 0 bridgehead atoms. The van der Waals surface area contributed by atoms with Crippen LogP contribution in [-0.2, 0) is 12.8 Å². The summed E-state index contributed by atoms with van der Waals surface area (Å²) in [6.07, 6.45) is 2.13. The van der Waals surface area contributed by atoms with Gasteiger partial charge in [-0.25, -0.2) is 0 Å². The van der Waals surface area contributed by atoms with Gasteiger partial charge < -0.3 is 4.90 Å². The van der Waals surface area contributed by atoms with Gasteiger partial charge in [0, 0.05) is 16.8 Å². The van der Waals surface area contributed by atoms with Gasteiger partial charge in [-0.15, -0.1) is 0 Å². The number of aryl methyl sites for hydroxylation is 2. The van der Waals surface area contributed by atoms with Crippen LogP contribution in [0.25, 0.3) is 21.5 Å². The van der Waals surface area contributed by atoms with E-state index >= 15 is 0 Å². The number of para-hydroxylation sites is 2. The lowest BCUT2D eigenvalue weighted by Crippen LogP contribution is -2.12. The minimum Gasteiger partial charge on any atom is -0.309 e. The third-order valence-electron chi connectivity index (χ3n) is 6.12. The molecule has 0 unspecified atom stereocenters. The van der Waals surface area contributed by atoms with E-state index in [0.717, 1.165) is 12.8 Å². The Morgan fingerprint density at radius 3 is 1.66 bits per heavy atom. The van der Waals surface area contributed by atoms with Crippen molar-refractivity contribution in [2.24, 2.45) is 0 Å². The van der Waals surface area contributed by atoms with Crippen LogP contribution in [0.5, 0.6) is 0 Å². The van der Waals surface area contributed by atoms with Crippen molar-refractivity contribution in [3.63, 3.8) is 0 Å². The van der Waals surface area contributed by atoms with Crippen molar-refractivity contribution in [1.82, 2.24) is 0 Å². The van der Waals surface area contributed by atoms with Crippen LogP contribution in [0.3, 0.4) is 0 Å². The molecular formula is C28H21N. The Balaban J connectivity index is 1.75. The second-order valence-electron chi connectivity index (χ2n) is 7.76. The lowest BCUT2D eigenvalue weighted by Gasteiger charge is -2.29. The molecule has 1 nitrogen and oxygen atoms in total. The maximum Gasteiger partial charge on any atom is 0.0546 e. The standard InChI is InChI=1S/C28H21N/c1-4-12-23-22(11-1)19-28(25-14-6-5-13-24(23)25)29-26-15-7-2-9-20(26)17-18-21-10-3-8-16-27(21)29/h1-16,19H,17-18H2. The monoisotopic (exact) mass is 371 g/mol. The maximum atomic E-state index is 2.48.